The van der Waals surface area contributed by atoms with Crippen LogP contribution in [0.4, 0.5) is 4.39 Å². The third kappa shape index (κ3) is 2.54. The largest absolute Gasteiger partial charge is 0.452 e. The summed E-state index contributed by atoms with van der Waals surface area (Å²) >= 11 is 0. The van der Waals surface area contributed by atoms with E-state index in [4.69, 9.17) is 4.42 Å². The van der Waals surface area contributed by atoms with Crippen LogP contribution in [-0.4, -0.2) is 14.5 Å². The van der Waals surface area contributed by atoms with E-state index in [0.29, 0.717) is 6.42 Å². The number of benzene rings is 1. The highest BCUT2D eigenvalue weighted by Gasteiger charge is 2.41. The van der Waals surface area contributed by atoms with Gasteiger partial charge < -0.3 is 4.42 Å². The first kappa shape index (κ1) is 12.4. The van der Waals surface area contributed by atoms with Crippen molar-refractivity contribution in [2.45, 2.75) is 23.5 Å². The lowest BCUT2D eigenvalue weighted by Gasteiger charge is -2.03. The molecule has 1 aliphatic rings. The topological polar surface area (TPSA) is 59.3 Å². The molecule has 4 nitrogen and oxygen atoms in total. The van der Waals surface area contributed by atoms with E-state index in [1.165, 1.54) is 30.5 Å². The third-order valence-electron chi connectivity index (χ3n) is 3.16. The summed E-state index contributed by atoms with van der Waals surface area (Å²) in [4.78, 5) is 0. The van der Waals surface area contributed by atoms with E-state index in [9.17, 15) is 12.8 Å². The minimum Gasteiger partial charge on any atom is -0.452 e. The molecule has 19 heavy (non-hydrogen) atoms. The molecule has 6 heteroatoms. The van der Waals surface area contributed by atoms with Crippen LogP contribution < -0.4 is 4.72 Å². The van der Waals surface area contributed by atoms with E-state index < -0.39 is 10.0 Å². The quantitative estimate of drug-likeness (QED) is 0.935. The van der Waals surface area contributed by atoms with Crippen LogP contribution in [0.2, 0.25) is 0 Å². The van der Waals surface area contributed by atoms with Crippen LogP contribution in [0.1, 0.15) is 17.9 Å². The van der Waals surface area contributed by atoms with Gasteiger partial charge in [-0.25, -0.2) is 17.5 Å². The van der Waals surface area contributed by atoms with Crippen LogP contribution in [0, 0.1) is 5.82 Å². The number of halogens is 1. The molecule has 2 atom stereocenters. The molecule has 0 bridgehead atoms. The monoisotopic (exact) mass is 281 g/mol. The van der Waals surface area contributed by atoms with Crippen LogP contribution in [-0.2, 0) is 10.0 Å². The van der Waals surface area contributed by atoms with Gasteiger partial charge in [0.05, 0.1) is 6.26 Å². The van der Waals surface area contributed by atoms with Crippen molar-refractivity contribution >= 4 is 10.0 Å². The molecule has 1 aromatic heterocycles. The first-order valence-corrected chi connectivity index (χ1v) is 7.36. The van der Waals surface area contributed by atoms with Crippen molar-refractivity contribution in [3.8, 4) is 0 Å². The van der Waals surface area contributed by atoms with Crippen molar-refractivity contribution in [1.29, 1.82) is 0 Å². The predicted octanol–water partition coefficient (Wildman–Crippen LogP) is 2.25. The summed E-state index contributed by atoms with van der Waals surface area (Å²) < 4.78 is 44.1. The number of sulfonamides is 1. The molecule has 1 aromatic carbocycles. The second kappa shape index (κ2) is 4.47. The second-order valence-electron chi connectivity index (χ2n) is 4.55. The van der Waals surface area contributed by atoms with Crippen molar-refractivity contribution in [3.05, 3.63) is 54.0 Å². The summed E-state index contributed by atoms with van der Waals surface area (Å²) in [5, 5.41) is -0.0859. The highest BCUT2D eigenvalue weighted by atomic mass is 32.2. The molecule has 1 aliphatic carbocycles. The van der Waals surface area contributed by atoms with Crippen LogP contribution in [0.15, 0.2) is 52.2 Å². The molecule has 0 aliphatic heterocycles. The Kier molecular flexibility index (Phi) is 2.91. The van der Waals surface area contributed by atoms with Gasteiger partial charge in [-0.1, -0.05) is 12.1 Å². The summed E-state index contributed by atoms with van der Waals surface area (Å²) in [7, 11) is -3.59. The molecule has 1 N–H and O–H groups in total. The molecule has 0 amide bonds. The fraction of sp³-hybridized carbons (Fsp3) is 0.231. The summed E-state index contributed by atoms with van der Waals surface area (Å²) in [6, 6.07) is 8.90. The first-order valence-electron chi connectivity index (χ1n) is 5.87. The average Bonchev–Trinajstić information content (AvgIpc) is 2.92. The first-order chi connectivity index (χ1) is 9.06. The fourth-order valence-electron chi connectivity index (χ4n) is 2.08. The summed E-state index contributed by atoms with van der Waals surface area (Å²) in [6.07, 6.45) is 2.03. The molecule has 1 heterocycles. The Bertz CT molecular complexity index is 664. The lowest BCUT2D eigenvalue weighted by Crippen LogP contribution is -2.26. The van der Waals surface area contributed by atoms with Crippen molar-refractivity contribution in [1.82, 2.24) is 4.72 Å². The normalized spacial score (nSPS) is 22.4. The summed E-state index contributed by atoms with van der Waals surface area (Å²) in [6.45, 7) is 0. The lowest BCUT2D eigenvalue weighted by molar-refractivity contribution is 0.445. The van der Waals surface area contributed by atoms with Gasteiger partial charge in [0.15, 0.2) is 0 Å². The standard InChI is InChI=1S/C13H12FNO3S/c14-10-5-3-9(4-6-10)11-8-12(11)15-19(16,17)13-2-1-7-18-13/h1-7,11-12,15H,8H2/t11-,12+/m0/s1. The Labute approximate surface area is 110 Å². The van der Waals surface area contributed by atoms with Crippen LogP contribution in [0.5, 0.6) is 0 Å². The van der Waals surface area contributed by atoms with Gasteiger partial charge in [0.25, 0.3) is 10.0 Å². The Balaban J connectivity index is 1.69. The minimum absolute atomic E-state index is 0.0859. The van der Waals surface area contributed by atoms with E-state index in [0.717, 1.165) is 5.56 Å². The Morgan fingerprint density at radius 2 is 1.95 bits per heavy atom. The average molecular weight is 281 g/mol. The van der Waals surface area contributed by atoms with Crippen molar-refractivity contribution in [2.75, 3.05) is 0 Å². The van der Waals surface area contributed by atoms with Gasteiger partial charge in [0.2, 0.25) is 5.09 Å². The molecule has 100 valence electrons. The molecule has 1 fully saturated rings. The Morgan fingerprint density at radius 3 is 2.58 bits per heavy atom. The number of hydrogen-bond acceptors (Lipinski definition) is 3. The zero-order chi connectivity index (χ0) is 13.5. The smallest absolute Gasteiger partial charge is 0.274 e. The number of rotatable bonds is 4. The van der Waals surface area contributed by atoms with Gasteiger partial charge in [-0.05, 0) is 36.2 Å². The maximum atomic E-state index is 12.8. The van der Waals surface area contributed by atoms with E-state index >= 15 is 0 Å². The Morgan fingerprint density at radius 1 is 1.21 bits per heavy atom. The van der Waals surface area contributed by atoms with Crippen LogP contribution >= 0.6 is 0 Å². The lowest BCUT2D eigenvalue weighted by atomic mass is 10.1. The van der Waals surface area contributed by atoms with Crippen LogP contribution in [0.25, 0.3) is 0 Å². The highest BCUT2D eigenvalue weighted by Crippen LogP contribution is 2.41. The maximum absolute atomic E-state index is 12.8. The number of hydrogen-bond donors (Lipinski definition) is 1. The maximum Gasteiger partial charge on any atom is 0.274 e. The molecule has 0 saturated heterocycles. The predicted molar refractivity (Wildman–Crippen MR) is 66.6 cm³/mol. The van der Waals surface area contributed by atoms with Gasteiger partial charge in [-0.15, -0.1) is 0 Å². The molecule has 0 spiro atoms. The third-order valence-corrected chi connectivity index (χ3v) is 4.53. The van der Waals surface area contributed by atoms with Crippen molar-refractivity contribution in [3.63, 3.8) is 0 Å². The number of furan rings is 1. The van der Waals surface area contributed by atoms with Gasteiger partial charge >= 0.3 is 0 Å². The molecule has 0 radical (unpaired) electrons. The van der Waals surface area contributed by atoms with Crippen molar-refractivity contribution in [2.24, 2.45) is 0 Å². The summed E-state index contributed by atoms with van der Waals surface area (Å²) in [5.41, 5.74) is 0.938. The zero-order valence-electron chi connectivity index (χ0n) is 9.91. The highest BCUT2D eigenvalue weighted by molar-refractivity contribution is 7.89. The van der Waals surface area contributed by atoms with Gasteiger partial charge in [0, 0.05) is 12.0 Å². The molecule has 0 unspecified atom stereocenters. The number of nitrogens with one attached hydrogen (secondary N) is 1. The Hall–Kier alpha value is -1.66. The summed E-state index contributed by atoms with van der Waals surface area (Å²) in [5.74, 6) is -0.192. The fourth-order valence-corrected chi connectivity index (χ4v) is 3.29. The second-order valence-corrected chi connectivity index (χ2v) is 6.20. The van der Waals surface area contributed by atoms with Gasteiger partial charge in [-0.3, -0.25) is 0 Å². The molecular formula is C13H12FNO3S. The minimum atomic E-state index is -3.59. The van der Waals surface area contributed by atoms with E-state index in [-0.39, 0.29) is 22.9 Å². The van der Waals surface area contributed by atoms with Crippen LogP contribution in [0.3, 0.4) is 0 Å². The SMILES string of the molecule is O=S(=O)(N[C@@H]1C[C@H]1c1ccc(F)cc1)c1ccco1. The molecule has 2 aromatic rings. The van der Waals surface area contributed by atoms with Gasteiger partial charge in [-0.2, -0.15) is 0 Å². The van der Waals surface area contributed by atoms with E-state index in [2.05, 4.69) is 4.72 Å². The molecule has 1 saturated carbocycles. The molecule has 3 rings (SSSR count). The van der Waals surface area contributed by atoms with E-state index in [1.807, 2.05) is 0 Å². The molecular weight excluding hydrogens is 269 g/mol. The van der Waals surface area contributed by atoms with E-state index in [1.54, 1.807) is 12.1 Å². The van der Waals surface area contributed by atoms with Crippen molar-refractivity contribution < 1.29 is 17.2 Å². The zero-order valence-corrected chi connectivity index (χ0v) is 10.7. The van der Waals surface area contributed by atoms with Gasteiger partial charge in [0.1, 0.15) is 5.82 Å².